The number of hydrogen-bond acceptors (Lipinski definition) is 3. The van der Waals surface area contributed by atoms with E-state index in [0.717, 1.165) is 0 Å². The Kier molecular flexibility index (Phi) is 3.91. The van der Waals surface area contributed by atoms with E-state index in [1.165, 1.54) is 18.3 Å². The molecule has 0 saturated heterocycles. The first-order valence-electron chi connectivity index (χ1n) is 5.33. The summed E-state index contributed by atoms with van der Waals surface area (Å²) in [5.74, 6) is -1.62. The van der Waals surface area contributed by atoms with Gasteiger partial charge >= 0.3 is 5.97 Å². The van der Waals surface area contributed by atoms with Crippen molar-refractivity contribution in [3.05, 3.63) is 58.3 Å². The van der Waals surface area contributed by atoms with Crippen molar-refractivity contribution in [2.24, 2.45) is 0 Å². The molecule has 19 heavy (non-hydrogen) atoms. The van der Waals surface area contributed by atoms with Gasteiger partial charge in [0.15, 0.2) is 0 Å². The predicted molar refractivity (Wildman–Crippen MR) is 73.3 cm³/mol. The number of anilines is 1. The molecule has 96 valence electrons. The molecular weight excluding hydrogens is 312 g/mol. The van der Waals surface area contributed by atoms with Crippen LogP contribution >= 0.6 is 15.9 Å². The molecule has 0 fully saturated rings. The van der Waals surface area contributed by atoms with Gasteiger partial charge in [-0.15, -0.1) is 0 Å². The Morgan fingerprint density at radius 3 is 2.47 bits per heavy atom. The van der Waals surface area contributed by atoms with Gasteiger partial charge in [0.05, 0.1) is 21.3 Å². The van der Waals surface area contributed by atoms with Crippen LogP contribution in [0.15, 0.2) is 47.2 Å². The van der Waals surface area contributed by atoms with Crippen LogP contribution in [0.2, 0.25) is 0 Å². The van der Waals surface area contributed by atoms with Gasteiger partial charge in [-0.2, -0.15) is 0 Å². The van der Waals surface area contributed by atoms with Crippen LogP contribution in [0, 0.1) is 0 Å². The van der Waals surface area contributed by atoms with Crippen LogP contribution in [0.5, 0.6) is 0 Å². The molecule has 2 aromatic rings. The second-order valence-corrected chi connectivity index (χ2v) is 4.51. The fraction of sp³-hybridized carbons (Fsp3) is 0. The quantitative estimate of drug-likeness (QED) is 0.911. The average Bonchev–Trinajstić information content (AvgIpc) is 2.41. The first kappa shape index (κ1) is 13.2. The number of amides is 1. The first-order valence-corrected chi connectivity index (χ1v) is 6.12. The number of hydrogen-bond donors (Lipinski definition) is 2. The zero-order valence-electron chi connectivity index (χ0n) is 9.63. The van der Waals surface area contributed by atoms with Gasteiger partial charge in [-0.25, -0.2) is 4.79 Å². The number of benzene rings is 1. The summed E-state index contributed by atoms with van der Waals surface area (Å²) in [6, 6.07) is 7.66. The largest absolute Gasteiger partial charge is 0.478 e. The number of carboxylic acid groups (broad SMARTS) is 1. The average molecular weight is 321 g/mol. The maximum Gasteiger partial charge on any atom is 0.336 e. The number of carbonyl (C=O) groups excluding carboxylic acids is 1. The number of aromatic carboxylic acids is 1. The van der Waals surface area contributed by atoms with Crippen LogP contribution in [-0.4, -0.2) is 22.0 Å². The summed E-state index contributed by atoms with van der Waals surface area (Å²) in [5, 5.41) is 11.7. The molecule has 2 N–H and O–H groups in total. The molecule has 1 aromatic heterocycles. The molecule has 0 aliphatic heterocycles. The molecular formula is C13H9BrN2O3. The van der Waals surface area contributed by atoms with Crippen LogP contribution in [0.25, 0.3) is 0 Å². The minimum atomic E-state index is -1.14. The molecule has 0 saturated carbocycles. The molecule has 0 radical (unpaired) electrons. The highest BCUT2D eigenvalue weighted by Crippen LogP contribution is 2.21. The molecule has 1 aromatic carbocycles. The second-order valence-electron chi connectivity index (χ2n) is 3.66. The summed E-state index contributed by atoms with van der Waals surface area (Å²) in [6.45, 7) is 0. The fourth-order valence-corrected chi connectivity index (χ4v) is 1.88. The summed E-state index contributed by atoms with van der Waals surface area (Å²) in [4.78, 5) is 27.0. The van der Waals surface area contributed by atoms with Crippen molar-refractivity contribution in [3.8, 4) is 0 Å². The standard InChI is InChI=1S/C13H9BrN2O3/c14-10-7-15-6-5-11(10)16-12(17)8-3-1-2-4-9(8)13(18)19/h1-7H,(H,18,19)(H,15,16,17). The van der Waals surface area contributed by atoms with E-state index in [-0.39, 0.29) is 11.1 Å². The smallest absolute Gasteiger partial charge is 0.336 e. The lowest BCUT2D eigenvalue weighted by molar-refractivity contribution is 0.0692. The van der Waals surface area contributed by atoms with Crippen molar-refractivity contribution >= 4 is 33.5 Å². The van der Waals surface area contributed by atoms with Crippen molar-refractivity contribution in [3.63, 3.8) is 0 Å². The Bertz CT molecular complexity index is 643. The van der Waals surface area contributed by atoms with Crippen LogP contribution < -0.4 is 5.32 Å². The third kappa shape index (κ3) is 2.97. The number of carbonyl (C=O) groups is 2. The van der Waals surface area contributed by atoms with Crippen LogP contribution in [-0.2, 0) is 0 Å². The molecule has 1 amide bonds. The Morgan fingerprint density at radius 1 is 1.16 bits per heavy atom. The minimum absolute atomic E-state index is 0.0369. The van der Waals surface area contributed by atoms with Crippen LogP contribution in [0.4, 0.5) is 5.69 Å². The third-order valence-electron chi connectivity index (χ3n) is 2.42. The number of rotatable bonds is 3. The van der Waals surface area contributed by atoms with Gasteiger partial charge in [0.1, 0.15) is 0 Å². The van der Waals surface area contributed by atoms with Gasteiger partial charge in [0.25, 0.3) is 5.91 Å². The fourth-order valence-electron chi connectivity index (χ4n) is 1.53. The van der Waals surface area contributed by atoms with Gasteiger partial charge in [-0.05, 0) is 34.1 Å². The molecule has 0 bridgehead atoms. The second kappa shape index (κ2) is 5.62. The molecule has 5 nitrogen and oxygen atoms in total. The van der Waals surface area contributed by atoms with Crippen molar-refractivity contribution in [1.82, 2.24) is 4.98 Å². The van der Waals surface area contributed by atoms with Gasteiger partial charge in [-0.1, -0.05) is 12.1 Å². The molecule has 0 spiro atoms. The van der Waals surface area contributed by atoms with Gasteiger partial charge in [-0.3, -0.25) is 9.78 Å². The highest BCUT2D eigenvalue weighted by molar-refractivity contribution is 9.10. The highest BCUT2D eigenvalue weighted by Gasteiger charge is 2.16. The molecule has 6 heteroatoms. The van der Waals surface area contributed by atoms with E-state index < -0.39 is 11.9 Å². The Hall–Kier alpha value is -2.21. The van der Waals surface area contributed by atoms with Crippen molar-refractivity contribution in [2.75, 3.05) is 5.32 Å². The summed E-state index contributed by atoms with van der Waals surface area (Å²) >= 11 is 3.25. The number of nitrogens with one attached hydrogen (secondary N) is 1. The van der Waals surface area contributed by atoms with E-state index in [4.69, 9.17) is 5.11 Å². The van der Waals surface area contributed by atoms with Crippen molar-refractivity contribution < 1.29 is 14.7 Å². The van der Waals surface area contributed by atoms with Crippen molar-refractivity contribution in [2.45, 2.75) is 0 Å². The first-order chi connectivity index (χ1) is 9.09. The highest BCUT2D eigenvalue weighted by atomic mass is 79.9. The lowest BCUT2D eigenvalue weighted by atomic mass is 10.1. The van der Waals surface area contributed by atoms with E-state index >= 15 is 0 Å². The lowest BCUT2D eigenvalue weighted by Gasteiger charge is -2.08. The maximum atomic E-state index is 12.1. The summed E-state index contributed by atoms with van der Waals surface area (Å²) in [5.41, 5.74) is 0.601. The Morgan fingerprint density at radius 2 is 1.84 bits per heavy atom. The van der Waals surface area contributed by atoms with Gasteiger partial charge < -0.3 is 10.4 Å². The number of aromatic nitrogens is 1. The summed E-state index contributed by atoms with van der Waals surface area (Å²) in [7, 11) is 0. The Labute approximate surface area is 117 Å². The van der Waals surface area contributed by atoms with Crippen LogP contribution in [0.3, 0.4) is 0 Å². The minimum Gasteiger partial charge on any atom is -0.478 e. The lowest BCUT2D eigenvalue weighted by Crippen LogP contribution is -2.16. The monoisotopic (exact) mass is 320 g/mol. The molecule has 1 heterocycles. The van der Waals surface area contributed by atoms with E-state index in [9.17, 15) is 9.59 Å². The molecule has 0 aliphatic rings. The molecule has 0 atom stereocenters. The van der Waals surface area contributed by atoms with E-state index in [0.29, 0.717) is 10.2 Å². The summed E-state index contributed by atoms with van der Waals surface area (Å²) < 4.78 is 0.621. The zero-order valence-corrected chi connectivity index (χ0v) is 11.2. The number of nitrogens with zero attached hydrogens (tertiary/aromatic N) is 1. The Balaban J connectivity index is 2.31. The number of pyridine rings is 1. The molecule has 0 aliphatic carbocycles. The van der Waals surface area contributed by atoms with E-state index in [1.807, 2.05) is 0 Å². The third-order valence-corrected chi connectivity index (χ3v) is 3.05. The molecule has 0 unspecified atom stereocenters. The summed E-state index contributed by atoms with van der Waals surface area (Å²) in [6.07, 6.45) is 3.07. The van der Waals surface area contributed by atoms with Gasteiger partial charge in [0, 0.05) is 12.4 Å². The maximum absolute atomic E-state index is 12.1. The topological polar surface area (TPSA) is 79.3 Å². The SMILES string of the molecule is O=C(O)c1ccccc1C(=O)Nc1ccncc1Br. The molecule has 2 rings (SSSR count). The van der Waals surface area contributed by atoms with E-state index in [2.05, 4.69) is 26.2 Å². The van der Waals surface area contributed by atoms with Crippen LogP contribution in [0.1, 0.15) is 20.7 Å². The zero-order chi connectivity index (χ0) is 13.8. The number of carboxylic acids is 1. The number of halogens is 1. The van der Waals surface area contributed by atoms with E-state index in [1.54, 1.807) is 24.4 Å². The predicted octanol–water partition coefficient (Wildman–Crippen LogP) is 2.79. The van der Waals surface area contributed by atoms with Gasteiger partial charge in [0.2, 0.25) is 0 Å². The normalized spacial score (nSPS) is 9.95. The van der Waals surface area contributed by atoms with Crippen molar-refractivity contribution in [1.29, 1.82) is 0 Å².